The highest BCUT2D eigenvalue weighted by molar-refractivity contribution is 6.16. The van der Waals surface area contributed by atoms with Gasteiger partial charge in [-0.05, 0) is 105 Å². The fraction of sp³-hybridized carbons (Fsp3) is 0.711. The summed E-state index contributed by atoms with van der Waals surface area (Å²) in [4.78, 5) is 42.3. The van der Waals surface area contributed by atoms with Crippen LogP contribution in [0.4, 0.5) is 0 Å². The van der Waals surface area contributed by atoms with E-state index in [9.17, 15) is 24.6 Å². The van der Waals surface area contributed by atoms with Gasteiger partial charge in [-0.3, -0.25) is 9.59 Å². The van der Waals surface area contributed by atoms with Crippen molar-refractivity contribution in [3.8, 4) is 0 Å². The van der Waals surface area contributed by atoms with Crippen LogP contribution in [-0.4, -0.2) is 45.4 Å². The molecule has 0 aliphatic heterocycles. The number of aldehydes is 1. The number of nitrogens with one attached hydrogen (secondary N) is 1. The molecule has 1 amide bonds. The van der Waals surface area contributed by atoms with Gasteiger partial charge in [0.25, 0.3) is 0 Å². The Bertz CT molecular complexity index is 1520. The Balaban J connectivity index is 1.55. The van der Waals surface area contributed by atoms with Crippen LogP contribution in [0.1, 0.15) is 133 Å². The molecule has 1 unspecified atom stereocenters. The van der Waals surface area contributed by atoms with Gasteiger partial charge in [-0.2, -0.15) is 0 Å². The molecule has 2 saturated carbocycles. The van der Waals surface area contributed by atoms with Crippen LogP contribution in [0.25, 0.3) is 0 Å². The molecule has 2 fully saturated rings. The van der Waals surface area contributed by atoms with E-state index in [0.29, 0.717) is 48.2 Å². The summed E-state index contributed by atoms with van der Waals surface area (Å²) in [7, 11) is 0. The predicted octanol–water partition coefficient (Wildman–Crippen LogP) is 8.79. The second-order valence-electron chi connectivity index (χ2n) is 18.2. The molecule has 0 radical (unpaired) electrons. The third-order valence-corrected chi connectivity index (χ3v) is 14.5. The average Bonchev–Trinajstić information content (AvgIpc) is 3.31. The topological polar surface area (TPSA) is 104 Å². The molecule has 0 aromatic carbocycles. The fourth-order valence-electron chi connectivity index (χ4n) is 11.1. The summed E-state index contributed by atoms with van der Waals surface area (Å²) in [5.74, 6) is 0.492. The third kappa shape index (κ3) is 6.86. The minimum absolute atomic E-state index is 0.139. The number of hydrogen-bond donors (Lipinski definition) is 3. The minimum Gasteiger partial charge on any atom is -0.389 e. The van der Waals surface area contributed by atoms with Crippen LogP contribution in [0.5, 0.6) is 0 Å². The number of amides is 1. The number of rotatable bonds is 14. The maximum atomic E-state index is 14.9. The molecular formula is C45H67NO5. The first-order valence-corrected chi connectivity index (χ1v) is 20.2. The van der Waals surface area contributed by atoms with Gasteiger partial charge >= 0.3 is 0 Å². The average molecular weight is 702 g/mol. The highest BCUT2D eigenvalue weighted by Crippen LogP contribution is 2.73. The van der Waals surface area contributed by atoms with Crippen LogP contribution in [0.15, 0.2) is 58.7 Å². The quantitative estimate of drug-likeness (QED) is 0.0553. The van der Waals surface area contributed by atoms with E-state index in [1.54, 1.807) is 12.2 Å². The molecule has 6 nitrogen and oxygen atoms in total. The Labute approximate surface area is 308 Å². The normalized spacial score (nSPS) is 38.1. The molecule has 0 spiro atoms. The lowest BCUT2D eigenvalue weighted by Crippen LogP contribution is -2.68. The molecule has 5 aliphatic rings. The lowest BCUT2D eigenvalue weighted by molar-refractivity contribution is -0.140. The van der Waals surface area contributed by atoms with E-state index in [0.717, 1.165) is 31.1 Å². The first kappa shape index (κ1) is 39.6. The van der Waals surface area contributed by atoms with Crippen LogP contribution in [0.3, 0.4) is 0 Å². The van der Waals surface area contributed by atoms with E-state index in [1.165, 1.54) is 31.8 Å². The molecule has 5 rings (SSSR count). The zero-order valence-corrected chi connectivity index (χ0v) is 33.1. The number of allylic oxidation sites excluding steroid dienone is 6. The summed E-state index contributed by atoms with van der Waals surface area (Å²) < 4.78 is 0. The lowest BCUT2D eigenvalue weighted by atomic mass is 9.43. The van der Waals surface area contributed by atoms with Gasteiger partial charge in [-0.1, -0.05) is 111 Å². The molecular weight excluding hydrogens is 634 g/mol. The number of carbonyl (C=O) groups excluding carboxylic acids is 3. The lowest BCUT2D eigenvalue weighted by Gasteiger charge is -2.63. The van der Waals surface area contributed by atoms with Crippen molar-refractivity contribution in [1.82, 2.24) is 5.32 Å². The van der Waals surface area contributed by atoms with Crippen molar-refractivity contribution < 1.29 is 24.6 Å². The van der Waals surface area contributed by atoms with E-state index in [4.69, 9.17) is 0 Å². The summed E-state index contributed by atoms with van der Waals surface area (Å²) in [6.07, 6.45) is 21.4. The molecule has 51 heavy (non-hydrogen) atoms. The molecule has 0 saturated heterocycles. The number of hydrogen-bond acceptors (Lipinski definition) is 5. The van der Waals surface area contributed by atoms with Crippen molar-refractivity contribution in [2.24, 2.45) is 52.3 Å². The van der Waals surface area contributed by atoms with Gasteiger partial charge in [0.2, 0.25) is 5.91 Å². The number of Topliss-reactive ketones (excluding diaryl/α,β-unsaturated/α-hetero) is 1. The maximum absolute atomic E-state index is 14.9. The van der Waals surface area contributed by atoms with Gasteiger partial charge in [0.05, 0.1) is 11.7 Å². The fourth-order valence-corrected chi connectivity index (χ4v) is 11.1. The molecule has 0 aromatic rings. The molecule has 11 atom stereocenters. The number of ketones is 1. The summed E-state index contributed by atoms with van der Waals surface area (Å²) in [5.41, 5.74) is -1.43. The number of unbranched alkanes of at least 4 members (excludes halogenated alkanes) is 3. The number of aliphatic hydroxyl groups excluding tert-OH is 1. The van der Waals surface area contributed by atoms with Gasteiger partial charge in [-0.15, -0.1) is 0 Å². The minimum atomic E-state index is -1.57. The van der Waals surface area contributed by atoms with Gasteiger partial charge in [0, 0.05) is 28.1 Å². The van der Waals surface area contributed by atoms with Gasteiger partial charge in [0.15, 0.2) is 5.78 Å². The molecule has 282 valence electrons. The first-order valence-electron chi connectivity index (χ1n) is 20.2. The highest BCUT2D eigenvalue weighted by Gasteiger charge is 2.74. The van der Waals surface area contributed by atoms with Crippen LogP contribution < -0.4 is 5.32 Å². The van der Waals surface area contributed by atoms with E-state index >= 15 is 0 Å². The van der Waals surface area contributed by atoms with Gasteiger partial charge < -0.3 is 20.3 Å². The zero-order valence-electron chi connectivity index (χ0n) is 33.1. The molecule has 3 N–H and O–H groups in total. The second-order valence-corrected chi connectivity index (χ2v) is 18.2. The summed E-state index contributed by atoms with van der Waals surface area (Å²) in [6, 6.07) is 0. The Morgan fingerprint density at radius 2 is 1.76 bits per heavy atom. The molecule has 0 heterocycles. The van der Waals surface area contributed by atoms with Crippen molar-refractivity contribution in [1.29, 1.82) is 0 Å². The predicted molar refractivity (Wildman–Crippen MR) is 206 cm³/mol. The maximum Gasteiger partial charge on any atom is 0.245 e. The van der Waals surface area contributed by atoms with E-state index in [2.05, 4.69) is 78.9 Å². The largest absolute Gasteiger partial charge is 0.389 e. The highest BCUT2D eigenvalue weighted by atomic mass is 16.3. The number of aliphatic hydroxyl groups is 2. The van der Waals surface area contributed by atoms with Crippen LogP contribution in [-0.2, 0) is 14.4 Å². The van der Waals surface area contributed by atoms with Crippen molar-refractivity contribution in [3.05, 3.63) is 58.7 Å². The molecule has 0 aromatic heterocycles. The Hall–Kier alpha value is -2.57. The van der Waals surface area contributed by atoms with E-state index < -0.39 is 34.0 Å². The Morgan fingerprint density at radius 1 is 1.04 bits per heavy atom. The summed E-state index contributed by atoms with van der Waals surface area (Å²) >= 11 is 0. The van der Waals surface area contributed by atoms with Gasteiger partial charge in [0.1, 0.15) is 11.8 Å². The van der Waals surface area contributed by atoms with Crippen molar-refractivity contribution >= 4 is 18.0 Å². The molecule has 5 aliphatic carbocycles. The van der Waals surface area contributed by atoms with E-state index in [1.807, 2.05) is 6.92 Å². The Morgan fingerprint density at radius 3 is 2.43 bits per heavy atom. The zero-order chi connectivity index (χ0) is 37.5. The Kier molecular flexibility index (Phi) is 11.7. The number of fused-ring (bicyclic) bond motifs is 2. The molecule has 0 bridgehead atoms. The standard InChI is InChI=1S/C45H67NO5/c1-10-11-12-13-14-29(4)23-30(5)15-18-38(49)46-44(27-47)26-33-24-36(32(7)17-16-31(6)28(2)3)43(9)22-20-35-39(45(33,43)51)40(44)41(50)37-25-34(48)19-21-42(35,37)8/h15-18,23,25,27-29,31-36,48,51H,10-14,19-22,24,26H2,1-9H3,(H,46,49)/b17-16?,18-15+,30-23+/t29?,31-,32+,33+,34+,35-,36+,42+,43+,44-,45-/m0/s1. The summed E-state index contributed by atoms with van der Waals surface area (Å²) in [6.45, 7) is 19.7. The third-order valence-electron chi connectivity index (χ3n) is 14.5. The van der Waals surface area contributed by atoms with Crippen LogP contribution in [0, 0.1) is 52.3 Å². The van der Waals surface area contributed by atoms with Crippen LogP contribution >= 0.6 is 0 Å². The SMILES string of the molecule is CCCCCCC(C)/C=C(C)/C=C/C(=O)N[C@]1(C=O)C[C@H]2C[C@H]([C@H](C)C=C[C@H](C)C(C)C)[C@@]3(C)CC[C@H]4C(=C1C(=O)C1=C[C@H](O)CC[C@@]14C)[C@@]23O. The first-order chi connectivity index (χ1) is 24.0. The second kappa shape index (κ2) is 15.0. The van der Waals surface area contributed by atoms with Crippen molar-refractivity contribution in [2.75, 3.05) is 0 Å². The smallest absolute Gasteiger partial charge is 0.245 e. The monoisotopic (exact) mass is 702 g/mol. The van der Waals surface area contributed by atoms with Crippen molar-refractivity contribution in [2.45, 2.75) is 150 Å². The molecule has 6 heteroatoms. The van der Waals surface area contributed by atoms with Gasteiger partial charge in [-0.25, -0.2) is 0 Å². The number of carbonyl (C=O) groups is 3. The summed E-state index contributed by atoms with van der Waals surface area (Å²) in [5, 5.41) is 27.2. The van der Waals surface area contributed by atoms with Crippen LogP contribution in [0.2, 0.25) is 0 Å². The van der Waals surface area contributed by atoms with Crippen molar-refractivity contribution in [3.63, 3.8) is 0 Å². The van der Waals surface area contributed by atoms with E-state index in [-0.39, 0.29) is 41.4 Å².